The van der Waals surface area contributed by atoms with Crippen molar-refractivity contribution in [1.82, 2.24) is 0 Å². The molecule has 2 aliphatic rings. The molecule has 0 atom stereocenters. The predicted octanol–water partition coefficient (Wildman–Crippen LogP) is 9.06. The van der Waals surface area contributed by atoms with E-state index in [0.29, 0.717) is 22.6 Å². The lowest BCUT2D eigenvalue weighted by molar-refractivity contribution is -0.130. The Bertz CT molecular complexity index is 1870. The summed E-state index contributed by atoms with van der Waals surface area (Å²) in [7, 11) is 0. The van der Waals surface area contributed by atoms with E-state index >= 15 is 0 Å². The van der Waals surface area contributed by atoms with Crippen LogP contribution >= 0.6 is 0 Å². The molecule has 206 valence electrons. The number of fused-ring (bicyclic) bond motifs is 6. The maximum atomic E-state index is 11.6. The third-order valence-electron chi connectivity index (χ3n) is 7.19. The van der Waals surface area contributed by atoms with Crippen molar-refractivity contribution in [2.45, 2.75) is 13.8 Å². The lowest BCUT2D eigenvalue weighted by atomic mass is 10.0. The van der Waals surface area contributed by atoms with Gasteiger partial charge in [-0.3, -0.25) is 0 Å². The van der Waals surface area contributed by atoms with Gasteiger partial charge >= 0.3 is 11.9 Å². The highest BCUT2D eigenvalue weighted by Crippen LogP contribution is 2.46. The topological polar surface area (TPSA) is 52.6 Å². The highest BCUT2D eigenvalue weighted by molar-refractivity contribution is 6.02. The maximum absolute atomic E-state index is 11.6. The minimum Gasteiger partial charge on any atom is -0.423 e. The molecule has 0 radical (unpaired) electrons. The molecule has 4 aromatic rings. The van der Waals surface area contributed by atoms with Crippen molar-refractivity contribution in [2.24, 2.45) is 0 Å². The summed E-state index contributed by atoms with van der Waals surface area (Å²) >= 11 is 0. The number of rotatable bonds is 5. The average molecular weight is 551 g/mol. The van der Waals surface area contributed by atoms with Crippen LogP contribution in [0.5, 0.6) is 11.5 Å². The summed E-state index contributed by atoms with van der Waals surface area (Å²) in [5.41, 5.74) is 12.5. The summed E-state index contributed by atoms with van der Waals surface area (Å²) in [4.78, 5) is 23.2. The van der Waals surface area contributed by atoms with E-state index in [4.69, 9.17) is 9.47 Å². The molecule has 0 unspecified atom stereocenters. The molecule has 4 heteroatoms. The SMILES string of the molecule is C=C(C)C(=O)Oc1ccc2c(c1)C(=C)c1ccccc1-2.C=Cc1ccc2c(c1)C(=C)c1cc(OC(=O)C(=C)C)ccc1-2. The Balaban J connectivity index is 0.000000169. The highest BCUT2D eigenvalue weighted by atomic mass is 16.5. The minimum atomic E-state index is -0.421. The van der Waals surface area contributed by atoms with Crippen molar-refractivity contribution in [3.63, 3.8) is 0 Å². The smallest absolute Gasteiger partial charge is 0.338 e. The van der Waals surface area contributed by atoms with Gasteiger partial charge in [0.25, 0.3) is 0 Å². The van der Waals surface area contributed by atoms with Crippen LogP contribution in [0.4, 0.5) is 0 Å². The monoisotopic (exact) mass is 550 g/mol. The molecule has 0 saturated carbocycles. The maximum Gasteiger partial charge on any atom is 0.338 e. The molecule has 0 amide bonds. The largest absolute Gasteiger partial charge is 0.423 e. The van der Waals surface area contributed by atoms with E-state index in [1.165, 1.54) is 5.56 Å². The molecule has 4 nitrogen and oxygen atoms in total. The molecule has 42 heavy (non-hydrogen) atoms. The zero-order valence-electron chi connectivity index (χ0n) is 23.8. The van der Waals surface area contributed by atoms with Crippen molar-refractivity contribution in [3.8, 4) is 33.8 Å². The number of hydrogen-bond donors (Lipinski definition) is 0. The number of ether oxygens (including phenoxy) is 2. The fraction of sp³-hybridized carbons (Fsp3) is 0.0526. The Morgan fingerprint density at radius 2 is 0.976 bits per heavy atom. The molecule has 4 aromatic carbocycles. The second kappa shape index (κ2) is 11.2. The van der Waals surface area contributed by atoms with E-state index in [-0.39, 0.29) is 0 Å². The van der Waals surface area contributed by atoms with Crippen molar-refractivity contribution in [1.29, 1.82) is 0 Å². The number of carbonyl (C=O) groups excluding carboxylic acids is 2. The minimum absolute atomic E-state index is 0.373. The van der Waals surface area contributed by atoms with Gasteiger partial charge in [0.15, 0.2) is 0 Å². The van der Waals surface area contributed by atoms with Crippen molar-refractivity contribution in [3.05, 3.63) is 151 Å². The van der Waals surface area contributed by atoms with Crippen molar-refractivity contribution < 1.29 is 19.1 Å². The van der Waals surface area contributed by atoms with Gasteiger partial charge in [0.2, 0.25) is 0 Å². The number of carbonyl (C=O) groups is 2. The second-order valence-electron chi connectivity index (χ2n) is 10.3. The van der Waals surface area contributed by atoms with Gasteiger partial charge in [0.05, 0.1) is 0 Å². The van der Waals surface area contributed by atoms with Crippen molar-refractivity contribution >= 4 is 29.2 Å². The fourth-order valence-corrected chi connectivity index (χ4v) is 4.98. The van der Waals surface area contributed by atoms with Crippen LogP contribution < -0.4 is 9.47 Å². The number of esters is 2. The fourth-order valence-electron chi connectivity index (χ4n) is 4.98. The summed E-state index contributed by atoms with van der Waals surface area (Å²) in [5.74, 6) is 0.191. The summed E-state index contributed by atoms with van der Waals surface area (Å²) in [5, 5.41) is 0. The van der Waals surface area contributed by atoms with Crippen LogP contribution in [0.15, 0.2) is 123 Å². The van der Waals surface area contributed by atoms with E-state index in [2.05, 4.69) is 57.2 Å². The van der Waals surface area contributed by atoms with Gasteiger partial charge in [-0.2, -0.15) is 0 Å². The predicted molar refractivity (Wildman–Crippen MR) is 171 cm³/mol. The van der Waals surface area contributed by atoms with E-state index < -0.39 is 11.9 Å². The van der Waals surface area contributed by atoms with Gasteiger partial charge in [-0.25, -0.2) is 9.59 Å². The molecule has 0 saturated heterocycles. The molecular weight excluding hydrogens is 520 g/mol. The van der Waals surface area contributed by atoms with Gasteiger partial charge in [0.1, 0.15) is 11.5 Å². The lowest BCUT2D eigenvalue weighted by Crippen LogP contribution is -2.08. The lowest BCUT2D eigenvalue weighted by Gasteiger charge is -2.06. The molecular formula is C38H30O4. The summed E-state index contributed by atoms with van der Waals surface area (Å²) in [6.45, 7) is 22.5. The molecule has 0 N–H and O–H groups in total. The molecule has 0 aromatic heterocycles. The van der Waals surface area contributed by atoms with Gasteiger partial charge in [-0.05, 0) is 105 Å². The zero-order valence-corrected chi connectivity index (χ0v) is 23.8. The first-order chi connectivity index (χ1) is 20.1. The van der Waals surface area contributed by atoms with Crippen molar-refractivity contribution in [2.75, 3.05) is 0 Å². The van der Waals surface area contributed by atoms with E-state index in [1.54, 1.807) is 26.0 Å². The molecule has 6 rings (SSSR count). The van der Waals surface area contributed by atoms with Gasteiger partial charge in [-0.1, -0.05) is 87.5 Å². The van der Waals surface area contributed by atoms with E-state index in [0.717, 1.165) is 55.7 Å². The second-order valence-corrected chi connectivity index (χ2v) is 10.3. The molecule has 0 fully saturated rings. The van der Waals surface area contributed by atoms with Crippen LogP contribution in [0.1, 0.15) is 41.7 Å². The zero-order chi connectivity index (χ0) is 30.1. The molecule has 2 aliphatic carbocycles. The van der Waals surface area contributed by atoms with Crippen LogP contribution in [0.3, 0.4) is 0 Å². The normalized spacial score (nSPS) is 11.7. The standard InChI is InChI=1S/C20H16O2.C18H14O2/c1-5-14-6-8-16-17-9-7-15(22-20(21)12(2)3)11-19(17)13(4)18(16)10-14;1-11(2)18(19)20-13-8-9-16-15-7-5-4-6-14(15)12(3)17(16)10-13/h5-11H,1-2,4H2,3H3;4-10H,1,3H2,2H3. The van der Waals surface area contributed by atoms with Gasteiger partial charge in [-0.15, -0.1) is 0 Å². The Kier molecular flexibility index (Phi) is 7.47. The Morgan fingerprint density at radius 1 is 0.571 bits per heavy atom. The van der Waals surface area contributed by atoms with Crippen LogP contribution in [0, 0.1) is 0 Å². The average Bonchev–Trinajstić information content (AvgIpc) is 3.43. The quantitative estimate of drug-likeness (QED) is 0.122. The first-order valence-electron chi connectivity index (χ1n) is 13.4. The number of benzene rings is 4. The Hall–Kier alpha value is -5.48. The van der Waals surface area contributed by atoms with E-state index in [1.807, 2.05) is 48.5 Å². The van der Waals surface area contributed by atoms with Gasteiger partial charge in [0, 0.05) is 11.1 Å². The molecule has 0 spiro atoms. The highest BCUT2D eigenvalue weighted by Gasteiger charge is 2.24. The third-order valence-corrected chi connectivity index (χ3v) is 7.19. The van der Waals surface area contributed by atoms with Crippen LogP contribution in [-0.2, 0) is 9.59 Å². The summed E-state index contributed by atoms with van der Waals surface area (Å²) < 4.78 is 10.6. The van der Waals surface area contributed by atoms with Crippen LogP contribution in [-0.4, -0.2) is 11.9 Å². The molecule has 0 aliphatic heterocycles. The first kappa shape index (κ1) is 28.1. The summed E-state index contributed by atoms with van der Waals surface area (Å²) in [6.07, 6.45) is 1.82. The molecule has 0 bridgehead atoms. The number of hydrogen-bond acceptors (Lipinski definition) is 4. The van der Waals surface area contributed by atoms with Crippen LogP contribution in [0.2, 0.25) is 0 Å². The summed E-state index contributed by atoms with van der Waals surface area (Å²) in [6, 6.07) is 25.5. The van der Waals surface area contributed by atoms with E-state index in [9.17, 15) is 9.59 Å². The first-order valence-corrected chi connectivity index (χ1v) is 13.4. The van der Waals surface area contributed by atoms with Gasteiger partial charge < -0.3 is 9.47 Å². The third kappa shape index (κ3) is 5.18. The molecule has 0 heterocycles. The Morgan fingerprint density at radius 3 is 1.45 bits per heavy atom. The van der Waals surface area contributed by atoms with Crippen LogP contribution in [0.25, 0.3) is 39.5 Å². The Labute approximate surface area is 246 Å².